The summed E-state index contributed by atoms with van der Waals surface area (Å²) in [6.07, 6.45) is 1.41. The van der Waals surface area contributed by atoms with Crippen molar-refractivity contribution >= 4 is 11.6 Å². The fraction of sp³-hybridized carbons (Fsp3) is 0.150. The zero-order valence-electron chi connectivity index (χ0n) is 14.2. The van der Waals surface area contributed by atoms with Crippen molar-refractivity contribution < 1.29 is 4.79 Å². The highest BCUT2D eigenvalue weighted by Crippen LogP contribution is 2.15. The van der Waals surface area contributed by atoms with Gasteiger partial charge < -0.3 is 5.32 Å². The summed E-state index contributed by atoms with van der Waals surface area (Å²) >= 11 is 0. The highest BCUT2D eigenvalue weighted by molar-refractivity contribution is 5.90. The van der Waals surface area contributed by atoms with E-state index in [2.05, 4.69) is 10.3 Å². The second kappa shape index (κ2) is 7.13. The number of hydrogen-bond acceptors (Lipinski definition) is 3. The maximum atomic E-state index is 12.3. The summed E-state index contributed by atoms with van der Waals surface area (Å²) in [7, 11) is 0. The van der Waals surface area contributed by atoms with Crippen LogP contribution in [0, 0.1) is 13.8 Å². The summed E-state index contributed by atoms with van der Waals surface area (Å²) in [5.41, 5.74) is 4.12. The van der Waals surface area contributed by atoms with E-state index in [1.54, 1.807) is 0 Å². The third-order valence-corrected chi connectivity index (χ3v) is 3.84. The first kappa shape index (κ1) is 16.6. The predicted molar refractivity (Wildman–Crippen MR) is 98.5 cm³/mol. The molecule has 0 saturated carbocycles. The van der Waals surface area contributed by atoms with Crippen molar-refractivity contribution in [2.24, 2.45) is 0 Å². The molecule has 1 heterocycles. The minimum atomic E-state index is -0.266. The van der Waals surface area contributed by atoms with Crippen molar-refractivity contribution in [2.75, 3.05) is 5.32 Å². The molecule has 5 nitrogen and oxygen atoms in total. The SMILES string of the molecule is Cc1ccc(-c2cc(=O)n(CC(=O)Nc3cccc(C)c3)cn2)cc1. The average Bonchev–Trinajstić information content (AvgIpc) is 2.57. The topological polar surface area (TPSA) is 64.0 Å². The molecule has 0 fully saturated rings. The number of aryl methyl sites for hydroxylation is 2. The molecule has 3 rings (SSSR count). The van der Waals surface area contributed by atoms with Gasteiger partial charge in [-0.3, -0.25) is 14.2 Å². The minimum absolute atomic E-state index is 0.0754. The summed E-state index contributed by atoms with van der Waals surface area (Å²) in [4.78, 5) is 28.7. The molecule has 0 unspecified atom stereocenters. The molecular formula is C20H19N3O2. The largest absolute Gasteiger partial charge is 0.325 e. The van der Waals surface area contributed by atoms with E-state index in [0.717, 1.165) is 16.7 Å². The van der Waals surface area contributed by atoms with Crippen LogP contribution in [-0.2, 0) is 11.3 Å². The highest BCUT2D eigenvalue weighted by atomic mass is 16.2. The van der Waals surface area contributed by atoms with Gasteiger partial charge in [0, 0.05) is 17.3 Å². The highest BCUT2D eigenvalue weighted by Gasteiger charge is 2.07. The molecule has 5 heteroatoms. The Morgan fingerprint density at radius 3 is 2.48 bits per heavy atom. The van der Waals surface area contributed by atoms with Crippen LogP contribution >= 0.6 is 0 Å². The summed E-state index contributed by atoms with van der Waals surface area (Å²) in [5.74, 6) is -0.266. The molecule has 1 aromatic heterocycles. The third-order valence-electron chi connectivity index (χ3n) is 3.84. The van der Waals surface area contributed by atoms with Gasteiger partial charge in [0.25, 0.3) is 5.56 Å². The van der Waals surface area contributed by atoms with Gasteiger partial charge in [-0.1, -0.05) is 42.0 Å². The van der Waals surface area contributed by atoms with Gasteiger partial charge in [0.15, 0.2) is 0 Å². The van der Waals surface area contributed by atoms with Gasteiger partial charge in [-0.2, -0.15) is 0 Å². The lowest BCUT2D eigenvalue weighted by atomic mass is 10.1. The summed E-state index contributed by atoms with van der Waals surface area (Å²) < 4.78 is 1.29. The molecule has 2 aromatic carbocycles. The first-order valence-corrected chi connectivity index (χ1v) is 8.01. The smallest absolute Gasteiger partial charge is 0.254 e. The lowest BCUT2D eigenvalue weighted by Gasteiger charge is -2.08. The molecule has 3 aromatic rings. The second-order valence-corrected chi connectivity index (χ2v) is 6.02. The molecule has 0 radical (unpaired) electrons. The van der Waals surface area contributed by atoms with Crippen LogP contribution in [0.2, 0.25) is 0 Å². The number of nitrogens with one attached hydrogen (secondary N) is 1. The first-order chi connectivity index (χ1) is 12.0. The van der Waals surface area contributed by atoms with Gasteiger partial charge in [-0.15, -0.1) is 0 Å². The number of hydrogen-bond donors (Lipinski definition) is 1. The molecule has 0 aliphatic heterocycles. The van der Waals surface area contributed by atoms with Crippen molar-refractivity contribution in [1.29, 1.82) is 0 Å². The normalized spacial score (nSPS) is 10.5. The predicted octanol–water partition coefficient (Wildman–Crippen LogP) is 3.17. The Bertz CT molecular complexity index is 959. The number of rotatable bonds is 4. The van der Waals surface area contributed by atoms with Gasteiger partial charge in [-0.05, 0) is 31.5 Å². The molecule has 0 spiro atoms. The molecule has 0 bridgehead atoms. The van der Waals surface area contributed by atoms with Crippen LogP contribution in [0.4, 0.5) is 5.69 Å². The van der Waals surface area contributed by atoms with Gasteiger partial charge in [0.1, 0.15) is 6.54 Å². The van der Waals surface area contributed by atoms with Crippen molar-refractivity contribution in [3.8, 4) is 11.3 Å². The van der Waals surface area contributed by atoms with E-state index in [-0.39, 0.29) is 18.0 Å². The molecule has 1 amide bonds. The average molecular weight is 333 g/mol. The van der Waals surface area contributed by atoms with Crippen LogP contribution in [-0.4, -0.2) is 15.5 Å². The molecule has 0 atom stereocenters. The quantitative estimate of drug-likeness (QED) is 0.797. The molecular weight excluding hydrogens is 314 g/mol. The summed E-state index contributed by atoms with van der Waals surface area (Å²) in [5, 5.41) is 2.78. The lowest BCUT2D eigenvalue weighted by molar-refractivity contribution is -0.116. The van der Waals surface area contributed by atoms with E-state index in [1.165, 1.54) is 17.0 Å². The van der Waals surface area contributed by atoms with Gasteiger partial charge in [-0.25, -0.2) is 4.98 Å². The number of benzene rings is 2. The van der Waals surface area contributed by atoms with Crippen molar-refractivity contribution in [3.05, 3.63) is 82.4 Å². The second-order valence-electron chi connectivity index (χ2n) is 6.02. The Balaban J connectivity index is 1.74. The van der Waals surface area contributed by atoms with E-state index in [4.69, 9.17) is 0 Å². The number of amides is 1. The minimum Gasteiger partial charge on any atom is -0.325 e. The maximum Gasteiger partial charge on any atom is 0.254 e. The van der Waals surface area contributed by atoms with Crippen LogP contribution < -0.4 is 10.9 Å². The number of anilines is 1. The third kappa shape index (κ3) is 4.20. The van der Waals surface area contributed by atoms with Gasteiger partial charge in [0.05, 0.1) is 12.0 Å². The van der Waals surface area contributed by atoms with Gasteiger partial charge >= 0.3 is 0 Å². The molecule has 0 aliphatic carbocycles. The Kier molecular flexibility index (Phi) is 4.75. The van der Waals surface area contributed by atoms with Crippen molar-refractivity contribution in [2.45, 2.75) is 20.4 Å². The molecule has 0 saturated heterocycles. The van der Waals surface area contributed by atoms with Crippen LogP contribution in [0.25, 0.3) is 11.3 Å². The Morgan fingerprint density at radius 2 is 1.80 bits per heavy atom. The lowest BCUT2D eigenvalue weighted by Crippen LogP contribution is -2.27. The van der Waals surface area contributed by atoms with E-state index in [0.29, 0.717) is 11.4 Å². The number of carbonyl (C=O) groups excluding carboxylic acids is 1. The van der Waals surface area contributed by atoms with E-state index < -0.39 is 0 Å². The van der Waals surface area contributed by atoms with E-state index in [9.17, 15) is 9.59 Å². The van der Waals surface area contributed by atoms with Crippen LogP contribution in [0.15, 0.2) is 65.7 Å². The van der Waals surface area contributed by atoms with Crippen molar-refractivity contribution in [3.63, 3.8) is 0 Å². The van der Waals surface area contributed by atoms with Crippen LogP contribution in [0.1, 0.15) is 11.1 Å². The van der Waals surface area contributed by atoms with Crippen LogP contribution in [0.5, 0.6) is 0 Å². The zero-order chi connectivity index (χ0) is 17.8. The summed E-state index contributed by atoms with van der Waals surface area (Å²) in [6.45, 7) is 3.88. The molecule has 1 N–H and O–H groups in total. The van der Waals surface area contributed by atoms with Crippen LogP contribution in [0.3, 0.4) is 0 Å². The monoisotopic (exact) mass is 333 g/mol. The fourth-order valence-electron chi connectivity index (χ4n) is 2.50. The van der Waals surface area contributed by atoms with E-state index >= 15 is 0 Å². The fourth-order valence-corrected chi connectivity index (χ4v) is 2.50. The Hall–Kier alpha value is -3.21. The summed E-state index contributed by atoms with van der Waals surface area (Å²) in [6, 6.07) is 16.7. The molecule has 0 aliphatic rings. The first-order valence-electron chi connectivity index (χ1n) is 8.01. The standard InChI is InChI=1S/C20H19N3O2/c1-14-6-8-16(9-7-14)18-11-20(25)23(13-21-18)12-19(24)22-17-5-3-4-15(2)10-17/h3-11,13H,12H2,1-2H3,(H,22,24). The van der Waals surface area contributed by atoms with E-state index in [1.807, 2.05) is 62.4 Å². The number of aromatic nitrogens is 2. The van der Waals surface area contributed by atoms with Gasteiger partial charge in [0.2, 0.25) is 5.91 Å². The molecule has 126 valence electrons. The Labute approximate surface area is 146 Å². The molecule has 25 heavy (non-hydrogen) atoms. The van der Waals surface area contributed by atoms with Crippen molar-refractivity contribution in [1.82, 2.24) is 9.55 Å². The zero-order valence-corrected chi connectivity index (χ0v) is 14.2. The maximum absolute atomic E-state index is 12.3. The number of carbonyl (C=O) groups is 1. The number of nitrogens with zero attached hydrogens (tertiary/aromatic N) is 2. The Morgan fingerprint density at radius 1 is 1.04 bits per heavy atom.